The Bertz CT molecular complexity index is 25.0. The maximum Gasteiger partial charge on any atom is 0.0849 e. The van der Waals surface area contributed by atoms with Crippen LogP contribution in [-0.4, -0.2) is 0 Å². The van der Waals surface area contributed by atoms with E-state index in [0.717, 1.165) is 12.8 Å². The Kier molecular flexibility index (Phi) is 65.0. The summed E-state index contributed by atoms with van der Waals surface area (Å²) in [7, 11) is 0. The van der Waals surface area contributed by atoms with Crippen molar-refractivity contribution < 1.29 is 0 Å². The van der Waals surface area contributed by atoms with Crippen LogP contribution in [0.25, 0.3) is 0 Å². The Hall–Kier alpha value is -0.650. The molecule has 0 spiro atoms. The van der Waals surface area contributed by atoms with Gasteiger partial charge in [0.05, 0.1) is 13.3 Å². The summed E-state index contributed by atoms with van der Waals surface area (Å²) in [6, 6.07) is 0. The molecule has 0 heterocycles. The smallest absolute Gasteiger partial charge is 0.0849 e. The lowest BCUT2D eigenvalue weighted by Crippen LogP contribution is -1.66. The van der Waals surface area contributed by atoms with Gasteiger partial charge in [0, 0.05) is 0 Å². The topological polar surface area (TPSA) is 0 Å². The number of unbranched alkanes of at least 4 members (excludes halogenated alkanes) is 3. The summed E-state index contributed by atoms with van der Waals surface area (Å²) in [4.78, 5) is 0. The third-order valence-electron chi connectivity index (χ3n) is 0.750. The molecule has 0 N–H and O–H groups in total. The quantitative estimate of drug-likeness (QED) is 0.317. The first kappa shape index (κ1) is 16.2. The first-order valence-electron chi connectivity index (χ1n) is 3.50. The summed E-state index contributed by atoms with van der Waals surface area (Å²) >= 11 is 0. The molecule has 0 nitrogen and oxygen atoms in total. The van der Waals surface area contributed by atoms with Gasteiger partial charge in [0.25, 0.3) is 0 Å². The monoisotopic (exact) mass is 140 g/mol. The molecule has 0 rings (SSSR count). The van der Waals surface area contributed by atoms with Gasteiger partial charge in [-0.25, -0.2) is 0 Å². The van der Waals surface area contributed by atoms with Crippen molar-refractivity contribution in [3.8, 4) is 0 Å². The van der Waals surface area contributed by atoms with Crippen molar-refractivity contribution in [3.05, 3.63) is 40.2 Å². The van der Waals surface area contributed by atoms with Crippen molar-refractivity contribution in [2.24, 2.45) is 0 Å². The van der Waals surface area contributed by atoms with E-state index in [1.165, 1.54) is 12.8 Å². The summed E-state index contributed by atoms with van der Waals surface area (Å²) < 4.78 is 0. The average Bonchev–Trinajstić information content (AvgIpc) is 2.08. The fourth-order valence-corrected chi connectivity index (χ4v) is 0.354. The van der Waals surface area contributed by atoms with Crippen LogP contribution in [0.2, 0.25) is 0 Å². The first-order chi connectivity index (χ1) is 4.91. The molecule has 0 aromatic heterocycles. The molecule has 0 unspecified atom stereocenters. The Morgan fingerprint density at radius 1 is 1.00 bits per heavy atom. The van der Waals surface area contributed by atoms with Crippen molar-refractivity contribution in [2.75, 3.05) is 0 Å². The molecular formula is C10H20. The second kappa shape index (κ2) is 40.2. The van der Waals surface area contributed by atoms with Crippen molar-refractivity contribution in [1.29, 1.82) is 0 Å². The summed E-state index contributed by atoms with van der Waals surface area (Å²) in [5.74, 6) is 0. The van der Waals surface area contributed by atoms with Crippen LogP contribution in [0.3, 0.4) is 0 Å². The van der Waals surface area contributed by atoms with Crippen LogP contribution >= 0.6 is 0 Å². The molecular weight excluding hydrogens is 120 g/mol. The van der Waals surface area contributed by atoms with E-state index in [0.29, 0.717) is 0 Å². The molecule has 0 heteroatoms. The lowest BCUT2D eigenvalue weighted by atomic mass is 10.2. The van der Waals surface area contributed by atoms with Crippen molar-refractivity contribution >= 4 is 0 Å². The fourth-order valence-electron chi connectivity index (χ4n) is 0.354. The van der Waals surface area contributed by atoms with E-state index < -0.39 is 0 Å². The predicted octanol–water partition coefficient (Wildman–Crippen LogP) is 3.82. The summed E-state index contributed by atoms with van der Waals surface area (Å²) in [6.07, 6.45) is 4.61. The molecule has 0 fully saturated rings. The summed E-state index contributed by atoms with van der Waals surface area (Å²) in [5.41, 5.74) is 0. The SMILES string of the molecule is C=C.C=C.[CH2+]CCCC[CH2-]. The van der Waals surface area contributed by atoms with E-state index in [4.69, 9.17) is 0 Å². The van der Waals surface area contributed by atoms with Gasteiger partial charge in [0.2, 0.25) is 0 Å². The third-order valence-corrected chi connectivity index (χ3v) is 0.750. The van der Waals surface area contributed by atoms with Crippen molar-refractivity contribution in [1.82, 2.24) is 0 Å². The van der Waals surface area contributed by atoms with Crippen LogP contribution in [-0.2, 0) is 0 Å². The highest BCUT2D eigenvalue weighted by Crippen LogP contribution is 1.94. The fraction of sp³-hybridized carbons (Fsp3) is 0.400. The van der Waals surface area contributed by atoms with E-state index in [9.17, 15) is 0 Å². The first-order valence-corrected chi connectivity index (χ1v) is 3.50. The summed E-state index contributed by atoms with van der Waals surface area (Å²) in [5, 5.41) is 0. The maximum absolute atomic E-state index is 3.70. The van der Waals surface area contributed by atoms with Crippen LogP contribution in [0.4, 0.5) is 0 Å². The molecule has 0 bridgehead atoms. The molecule has 0 amide bonds. The molecule has 0 aromatic rings. The Labute approximate surface area is 66.7 Å². The zero-order valence-corrected chi connectivity index (χ0v) is 7.07. The predicted molar refractivity (Wildman–Crippen MR) is 51.7 cm³/mol. The molecule has 0 aliphatic heterocycles. The van der Waals surface area contributed by atoms with E-state index in [-0.39, 0.29) is 0 Å². The van der Waals surface area contributed by atoms with Crippen molar-refractivity contribution in [2.45, 2.75) is 25.7 Å². The largest absolute Gasteiger partial charge is 0.343 e. The minimum atomic E-state index is 1.06. The second-order valence-corrected chi connectivity index (χ2v) is 1.41. The van der Waals surface area contributed by atoms with Gasteiger partial charge in [0.15, 0.2) is 0 Å². The van der Waals surface area contributed by atoms with E-state index in [1.54, 1.807) is 0 Å². The Morgan fingerprint density at radius 3 is 1.50 bits per heavy atom. The second-order valence-electron chi connectivity index (χ2n) is 1.41. The van der Waals surface area contributed by atoms with E-state index >= 15 is 0 Å². The standard InChI is InChI=1S/C6H12.2C2H4/c1-3-5-6-4-2;2*1-2/h1-6H2;2*1-2H2. The zero-order valence-electron chi connectivity index (χ0n) is 7.07. The van der Waals surface area contributed by atoms with Gasteiger partial charge in [-0.3, -0.25) is 0 Å². The molecule has 10 heavy (non-hydrogen) atoms. The van der Waals surface area contributed by atoms with Gasteiger partial charge in [-0.05, 0) is 6.42 Å². The van der Waals surface area contributed by atoms with Gasteiger partial charge in [-0.1, -0.05) is 6.42 Å². The third kappa shape index (κ3) is 53.7. The highest BCUT2D eigenvalue weighted by atomic mass is 13.8. The van der Waals surface area contributed by atoms with Crippen LogP contribution in [0.1, 0.15) is 25.7 Å². The minimum Gasteiger partial charge on any atom is -0.343 e. The van der Waals surface area contributed by atoms with Crippen LogP contribution in [0.5, 0.6) is 0 Å². The number of rotatable bonds is 3. The molecule has 0 radical (unpaired) electrons. The zero-order chi connectivity index (χ0) is 8.83. The van der Waals surface area contributed by atoms with Crippen LogP contribution in [0.15, 0.2) is 26.3 Å². The van der Waals surface area contributed by atoms with Gasteiger partial charge in [0.1, 0.15) is 0 Å². The van der Waals surface area contributed by atoms with Gasteiger partial charge in [-0.2, -0.15) is 6.42 Å². The average molecular weight is 140 g/mol. The van der Waals surface area contributed by atoms with E-state index in [1.807, 2.05) is 0 Å². The van der Waals surface area contributed by atoms with Crippen LogP contribution in [0, 0.1) is 13.8 Å². The van der Waals surface area contributed by atoms with Crippen LogP contribution < -0.4 is 0 Å². The number of hydrogen-bond acceptors (Lipinski definition) is 0. The normalized spacial score (nSPS) is 6.10. The maximum atomic E-state index is 3.70. The van der Waals surface area contributed by atoms with Gasteiger partial charge in [-0.15, -0.1) is 26.3 Å². The van der Waals surface area contributed by atoms with Crippen molar-refractivity contribution in [3.63, 3.8) is 0 Å². The highest BCUT2D eigenvalue weighted by Gasteiger charge is 1.77. The molecule has 0 aliphatic rings. The Balaban J connectivity index is -0.000000105. The number of hydrogen-bond donors (Lipinski definition) is 0. The highest BCUT2D eigenvalue weighted by molar-refractivity contribution is 4.43. The van der Waals surface area contributed by atoms with Gasteiger partial charge < -0.3 is 6.92 Å². The molecule has 0 atom stereocenters. The minimum absolute atomic E-state index is 1.06. The molecule has 0 aliphatic carbocycles. The molecule has 60 valence electrons. The summed E-state index contributed by atoms with van der Waals surface area (Å²) in [6.45, 7) is 19.4. The Morgan fingerprint density at radius 2 is 1.40 bits per heavy atom. The lowest BCUT2D eigenvalue weighted by Gasteiger charge is -1.88. The van der Waals surface area contributed by atoms with E-state index in [2.05, 4.69) is 40.2 Å². The molecule has 0 saturated heterocycles. The molecule has 0 saturated carbocycles. The van der Waals surface area contributed by atoms with Gasteiger partial charge >= 0.3 is 0 Å². The lowest BCUT2D eigenvalue weighted by molar-refractivity contribution is 0.759. The molecule has 0 aromatic carbocycles.